The molecule has 2 aromatic heterocycles. The van der Waals surface area contributed by atoms with Gasteiger partial charge in [0.2, 0.25) is 0 Å². The first-order valence-corrected chi connectivity index (χ1v) is 6.03. The van der Waals surface area contributed by atoms with Crippen molar-refractivity contribution in [3.8, 4) is 0 Å². The SMILES string of the molecule is CC(CN)(Nc1cc2n[nH]c(=O)n2cn1)C1CC1. The van der Waals surface area contributed by atoms with Crippen LogP contribution in [0.1, 0.15) is 19.8 Å². The zero-order valence-corrected chi connectivity index (χ0v) is 10.2. The smallest absolute Gasteiger partial charge is 0.348 e. The van der Waals surface area contributed by atoms with Crippen LogP contribution >= 0.6 is 0 Å². The summed E-state index contributed by atoms with van der Waals surface area (Å²) in [6.07, 6.45) is 3.86. The summed E-state index contributed by atoms with van der Waals surface area (Å²) in [5.41, 5.74) is 5.97. The fourth-order valence-corrected chi connectivity index (χ4v) is 2.21. The monoisotopic (exact) mass is 248 g/mol. The number of hydrogen-bond acceptors (Lipinski definition) is 5. The van der Waals surface area contributed by atoms with Crippen molar-refractivity contribution in [1.82, 2.24) is 19.6 Å². The van der Waals surface area contributed by atoms with E-state index in [-0.39, 0.29) is 11.2 Å². The highest BCUT2D eigenvalue weighted by molar-refractivity contribution is 5.50. The predicted molar refractivity (Wildman–Crippen MR) is 67.4 cm³/mol. The molecule has 1 saturated carbocycles. The Balaban J connectivity index is 1.92. The third kappa shape index (κ3) is 1.76. The fraction of sp³-hybridized carbons (Fsp3) is 0.545. The number of rotatable bonds is 4. The van der Waals surface area contributed by atoms with Gasteiger partial charge >= 0.3 is 5.69 Å². The van der Waals surface area contributed by atoms with E-state index in [0.717, 1.165) is 0 Å². The Morgan fingerprint density at radius 1 is 1.67 bits per heavy atom. The lowest BCUT2D eigenvalue weighted by Crippen LogP contribution is -2.44. The Labute approximate surface area is 103 Å². The number of nitrogens with zero attached hydrogens (tertiary/aromatic N) is 3. The molecule has 0 spiro atoms. The second-order valence-corrected chi connectivity index (χ2v) is 5.05. The molecular formula is C11H16N6O. The highest BCUT2D eigenvalue weighted by Crippen LogP contribution is 2.40. The van der Waals surface area contributed by atoms with E-state index in [0.29, 0.717) is 23.9 Å². The van der Waals surface area contributed by atoms with E-state index in [2.05, 4.69) is 27.4 Å². The molecule has 0 aliphatic heterocycles. The highest BCUT2D eigenvalue weighted by atomic mass is 16.1. The summed E-state index contributed by atoms with van der Waals surface area (Å²) in [4.78, 5) is 15.5. The van der Waals surface area contributed by atoms with Crippen LogP contribution in [-0.2, 0) is 0 Å². The number of hydrogen-bond donors (Lipinski definition) is 3. The minimum atomic E-state index is -0.284. The van der Waals surface area contributed by atoms with Crippen molar-refractivity contribution < 1.29 is 0 Å². The molecule has 18 heavy (non-hydrogen) atoms. The van der Waals surface area contributed by atoms with E-state index >= 15 is 0 Å². The Hall–Kier alpha value is -1.89. The summed E-state index contributed by atoms with van der Waals surface area (Å²) >= 11 is 0. The normalized spacial score (nSPS) is 18.8. The van der Waals surface area contributed by atoms with Crippen LogP contribution in [0, 0.1) is 5.92 Å². The molecule has 1 fully saturated rings. The predicted octanol–water partition coefficient (Wildman–Crippen LogP) is -0.0431. The topological polar surface area (TPSA) is 101 Å². The molecule has 1 atom stereocenters. The standard InChI is InChI=1S/C11H16N6O/c1-11(5-12,7-2-3-7)14-8-4-9-15-16-10(18)17(9)6-13-8/h4,6-7,14H,2-3,5,12H2,1H3,(H,16,18). The molecular weight excluding hydrogens is 232 g/mol. The fourth-order valence-electron chi connectivity index (χ4n) is 2.21. The lowest BCUT2D eigenvalue weighted by molar-refractivity contribution is 0.458. The van der Waals surface area contributed by atoms with Gasteiger partial charge in [0.1, 0.15) is 12.1 Å². The molecule has 2 aromatic rings. The zero-order chi connectivity index (χ0) is 12.8. The van der Waals surface area contributed by atoms with E-state index in [9.17, 15) is 4.79 Å². The van der Waals surface area contributed by atoms with Gasteiger partial charge in [-0.2, -0.15) is 5.10 Å². The Kier molecular flexibility index (Phi) is 2.37. The summed E-state index contributed by atoms with van der Waals surface area (Å²) in [6, 6.07) is 1.74. The van der Waals surface area contributed by atoms with Crippen molar-refractivity contribution in [2.24, 2.45) is 11.7 Å². The van der Waals surface area contributed by atoms with Crippen molar-refractivity contribution in [3.63, 3.8) is 0 Å². The molecule has 0 bridgehead atoms. The van der Waals surface area contributed by atoms with Crippen LogP contribution in [0.4, 0.5) is 5.82 Å². The second-order valence-electron chi connectivity index (χ2n) is 5.05. The molecule has 2 heterocycles. The van der Waals surface area contributed by atoms with Gasteiger partial charge in [-0.1, -0.05) is 0 Å². The summed E-state index contributed by atoms with van der Waals surface area (Å²) in [5.74, 6) is 1.29. The summed E-state index contributed by atoms with van der Waals surface area (Å²) in [7, 11) is 0. The van der Waals surface area contributed by atoms with E-state index in [4.69, 9.17) is 5.73 Å². The lowest BCUT2D eigenvalue weighted by atomic mass is 9.96. The second kappa shape index (κ2) is 3.81. The minimum absolute atomic E-state index is 0.137. The van der Waals surface area contributed by atoms with Gasteiger partial charge in [-0.05, 0) is 25.7 Å². The van der Waals surface area contributed by atoms with Gasteiger partial charge in [0.15, 0.2) is 5.65 Å². The van der Waals surface area contributed by atoms with Crippen molar-refractivity contribution in [2.75, 3.05) is 11.9 Å². The van der Waals surface area contributed by atoms with Gasteiger partial charge in [0.05, 0.1) is 5.54 Å². The summed E-state index contributed by atoms with van der Waals surface area (Å²) in [6.45, 7) is 2.66. The number of aromatic amines is 1. The number of fused-ring (bicyclic) bond motifs is 1. The van der Waals surface area contributed by atoms with Gasteiger partial charge in [-0.3, -0.25) is 0 Å². The van der Waals surface area contributed by atoms with Crippen LogP contribution in [0.15, 0.2) is 17.2 Å². The molecule has 0 radical (unpaired) electrons. The largest absolute Gasteiger partial charge is 0.363 e. The van der Waals surface area contributed by atoms with Crippen molar-refractivity contribution >= 4 is 11.5 Å². The summed E-state index contributed by atoms with van der Waals surface area (Å²) < 4.78 is 1.36. The zero-order valence-electron chi connectivity index (χ0n) is 10.2. The lowest BCUT2D eigenvalue weighted by Gasteiger charge is -2.30. The molecule has 4 N–H and O–H groups in total. The average Bonchev–Trinajstić information content (AvgIpc) is 3.16. The third-order valence-electron chi connectivity index (χ3n) is 3.63. The van der Waals surface area contributed by atoms with Crippen molar-refractivity contribution in [1.29, 1.82) is 0 Å². The molecule has 0 saturated heterocycles. The average molecular weight is 248 g/mol. The van der Waals surface area contributed by atoms with Crippen molar-refractivity contribution in [3.05, 3.63) is 22.9 Å². The molecule has 3 rings (SSSR count). The van der Waals surface area contributed by atoms with Crippen LogP contribution in [-0.4, -0.2) is 31.7 Å². The maximum Gasteiger partial charge on any atom is 0.348 e. The Morgan fingerprint density at radius 2 is 2.44 bits per heavy atom. The number of nitrogens with two attached hydrogens (primary N) is 1. The Bertz CT molecular complexity index is 628. The number of H-pyrrole nitrogens is 1. The quantitative estimate of drug-likeness (QED) is 0.704. The van der Waals surface area contributed by atoms with Crippen LogP contribution < -0.4 is 16.7 Å². The van der Waals surface area contributed by atoms with E-state index < -0.39 is 0 Å². The Morgan fingerprint density at radius 3 is 3.11 bits per heavy atom. The molecule has 7 heteroatoms. The number of nitrogens with one attached hydrogen (secondary N) is 2. The van der Waals surface area contributed by atoms with Crippen molar-refractivity contribution in [2.45, 2.75) is 25.3 Å². The maximum absolute atomic E-state index is 11.3. The van der Waals surface area contributed by atoms with Crippen LogP contribution in [0.3, 0.4) is 0 Å². The maximum atomic E-state index is 11.3. The van der Waals surface area contributed by atoms with Crippen LogP contribution in [0.5, 0.6) is 0 Å². The summed E-state index contributed by atoms with van der Waals surface area (Å²) in [5, 5.41) is 9.65. The minimum Gasteiger partial charge on any atom is -0.363 e. The third-order valence-corrected chi connectivity index (χ3v) is 3.63. The molecule has 96 valence electrons. The van der Waals surface area contributed by atoms with E-state index in [1.54, 1.807) is 6.07 Å². The molecule has 7 nitrogen and oxygen atoms in total. The molecule has 1 aliphatic carbocycles. The molecule has 0 aromatic carbocycles. The van der Waals surface area contributed by atoms with Crippen LogP contribution in [0.2, 0.25) is 0 Å². The highest BCUT2D eigenvalue weighted by Gasteiger charge is 2.40. The van der Waals surface area contributed by atoms with Gasteiger partial charge in [0.25, 0.3) is 0 Å². The molecule has 1 aliphatic rings. The van der Waals surface area contributed by atoms with Crippen LogP contribution in [0.25, 0.3) is 5.65 Å². The number of aromatic nitrogens is 4. The number of anilines is 1. The first-order chi connectivity index (χ1) is 8.62. The first-order valence-electron chi connectivity index (χ1n) is 6.03. The van der Waals surface area contributed by atoms with E-state index in [1.807, 2.05) is 0 Å². The van der Waals surface area contributed by atoms with Gasteiger partial charge in [-0.15, -0.1) is 0 Å². The molecule has 1 unspecified atom stereocenters. The van der Waals surface area contributed by atoms with E-state index in [1.165, 1.54) is 23.6 Å². The van der Waals surface area contributed by atoms with Gasteiger partial charge in [0, 0.05) is 12.6 Å². The van der Waals surface area contributed by atoms with Gasteiger partial charge in [-0.25, -0.2) is 19.3 Å². The first kappa shape index (κ1) is 11.2. The van der Waals surface area contributed by atoms with Gasteiger partial charge < -0.3 is 11.1 Å². The molecule has 0 amide bonds.